The number of hydrogen-bond acceptors (Lipinski definition) is 13. The third-order valence-electron chi connectivity index (χ3n) is 5.74. The first-order chi connectivity index (χ1) is 20.4. The van der Waals surface area contributed by atoms with Crippen molar-refractivity contribution in [1.82, 2.24) is 0 Å². The quantitative estimate of drug-likeness (QED) is 0.0713. The van der Waals surface area contributed by atoms with E-state index in [2.05, 4.69) is 22.8 Å². The maximum Gasteiger partial charge on any atom is 0.341 e. The lowest BCUT2D eigenvalue weighted by Gasteiger charge is -2.17. The average molecular weight is 605 g/mol. The van der Waals surface area contributed by atoms with Gasteiger partial charge in [-0.25, -0.2) is 9.59 Å². The highest BCUT2D eigenvalue weighted by atomic mass is 17.0. The van der Waals surface area contributed by atoms with Crippen LogP contribution in [-0.2, 0) is 19.3 Å². The van der Waals surface area contributed by atoms with Crippen LogP contribution >= 0.6 is 0 Å². The lowest BCUT2D eigenvalue weighted by molar-refractivity contribution is -0.766. The molecule has 2 atom stereocenters. The van der Waals surface area contributed by atoms with E-state index >= 15 is 0 Å². The molecule has 0 heterocycles. The van der Waals surface area contributed by atoms with Crippen LogP contribution in [0.1, 0.15) is 39.5 Å². The fraction of sp³-hybridized carbons (Fsp3) is 0.357. The van der Waals surface area contributed by atoms with Crippen molar-refractivity contribution in [3.05, 3.63) is 80.9 Å². The summed E-state index contributed by atoms with van der Waals surface area (Å²) in [5.41, 5.74) is -0.448. The Balaban J connectivity index is 2.18. The first kappa shape index (κ1) is 33.9. The van der Waals surface area contributed by atoms with Gasteiger partial charge in [-0.1, -0.05) is 39.8 Å². The molecule has 2 rings (SSSR count). The number of carbonyl (C=O) groups is 2. The summed E-state index contributed by atoms with van der Waals surface area (Å²) in [6.45, 7) is 10.7. The third-order valence-corrected chi connectivity index (χ3v) is 5.74. The zero-order valence-electron chi connectivity index (χ0n) is 24.1. The minimum absolute atomic E-state index is 0.0450. The van der Waals surface area contributed by atoms with Gasteiger partial charge in [0, 0.05) is 12.1 Å². The minimum atomic E-state index is -1.16. The van der Waals surface area contributed by atoms with Crippen molar-refractivity contribution in [2.75, 3.05) is 14.2 Å². The number of ether oxygens (including phenoxy) is 5. The Bertz CT molecular complexity index is 1260. The number of esters is 2. The van der Waals surface area contributed by atoms with Gasteiger partial charge in [0.25, 0.3) is 10.2 Å². The van der Waals surface area contributed by atoms with Crippen LogP contribution in [-0.4, -0.2) is 48.5 Å². The summed E-state index contributed by atoms with van der Waals surface area (Å²) in [5, 5.41) is 19.5. The summed E-state index contributed by atoms with van der Waals surface area (Å²) in [6.07, 6.45) is -0.922. The zero-order valence-corrected chi connectivity index (χ0v) is 24.1. The van der Waals surface area contributed by atoms with Crippen LogP contribution in [0, 0.1) is 20.2 Å². The molecule has 0 amide bonds. The molecule has 0 fully saturated rings. The average Bonchev–Trinajstić information content (AvgIpc) is 2.96. The highest BCUT2D eigenvalue weighted by Crippen LogP contribution is 2.40. The van der Waals surface area contributed by atoms with E-state index in [0.717, 1.165) is 0 Å². The highest BCUT2D eigenvalue weighted by molar-refractivity contribution is 5.91. The molecule has 0 saturated heterocycles. The second kappa shape index (κ2) is 16.2. The molecular weight excluding hydrogens is 572 g/mol. The molecule has 0 aliphatic heterocycles. The Labute approximate surface area is 246 Å². The van der Waals surface area contributed by atoms with Crippen LogP contribution in [0.2, 0.25) is 0 Å². The lowest BCUT2D eigenvalue weighted by Crippen LogP contribution is -2.26. The van der Waals surface area contributed by atoms with Crippen molar-refractivity contribution in [2.45, 2.75) is 51.7 Å². The predicted molar refractivity (Wildman–Crippen MR) is 149 cm³/mol. The molecule has 0 bridgehead atoms. The second-order valence-electron chi connectivity index (χ2n) is 8.77. The minimum Gasteiger partial charge on any atom is -0.493 e. The fourth-order valence-corrected chi connectivity index (χ4v) is 3.63. The van der Waals surface area contributed by atoms with Crippen molar-refractivity contribution in [3.8, 4) is 34.5 Å². The Hall–Kier alpha value is -5.34. The SMILES string of the molecule is C=C(C(=O)Oc1ccc(Oc2ccc(OC(=O)C(=C)C(CCC)O[N+](=O)[O-])cc2OC)c(OC)c1)C(CCC)O[N+](=O)[O-]. The molecule has 15 nitrogen and oxygen atoms in total. The highest BCUT2D eigenvalue weighted by Gasteiger charge is 2.25. The number of carbonyl (C=O) groups excluding carboxylic acids is 2. The number of benzene rings is 2. The molecule has 232 valence electrons. The molecule has 2 aromatic carbocycles. The molecule has 2 aromatic rings. The van der Waals surface area contributed by atoms with Crippen LogP contribution in [0.15, 0.2) is 60.7 Å². The molecule has 0 aromatic heterocycles. The Morgan fingerprint density at radius 3 is 1.40 bits per heavy atom. The Morgan fingerprint density at radius 1 is 0.721 bits per heavy atom. The summed E-state index contributed by atoms with van der Waals surface area (Å²) >= 11 is 0. The van der Waals surface area contributed by atoms with Gasteiger partial charge in [-0.15, -0.1) is 20.2 Å². The van der Waals surface area contributed by atoms with Crippen molar-refractivity contribution in [3.63, 3.8) is 0 Å². The zero-order chi connectivity index (χ0) is 32.1. The standard InChI is InChI=1S/C28H32N2O13/c1-7-9-21(42-29(33)34)17(3)27(31)39-19-11-13-23(25(15-19)37-5)41-24-14-12-20(16-26(24)38-6)40-28(32)18(4)22(10-8-2)43-30(35)36/h11-16,21-22H,3-4,7-10H2,1-2,5-6H3. The number of methoxy groups -OCH3 is 2. The molecule has 0 N–H and O–H groups in total. The predicted octanol–water partition coefficient (Wildman–Crippen LogP) is 5.17. The molecule has 43 heavy (non-hydrogen) atoms. The number of nitrogens with zero attached hydrogens (tertiary/aromatic N) is 2. The van der Waals surface area contributed by atoms with E-state index in [-0.39, 0.29) is 58.5 Å². The maximum absolute atomic E-state index is 12.5. The van der Waals surface area contributed by atoms with Gasteiger partial charge in [0.05, 0.1) is 25.4 Å². The van der Waals surface area contributed by atoms with Gasteiger partial charge in [0.15, 0.2) is 23.0 Å². The van der Waals surface area contributed by atoms with E-state index in [1.54, 1.807) is 13.8 Å². The molecule has 0 saturated carbocycles. The maximum atomic E-state index is 12.5. The van der Waals surface area contributed by atoms with Crippen LogP contribution in [0.25, 0.3) is 0 Å². The van der Waals surface area contributed by atoms with Gasteiger partial charge in [-0.3, -0.25) is 0 Å². The van der Waals surface area contributed by atoms with E-state index in [1.807, 2.05) is 0 Å². The van der Waals surface area contributed by atoms with Crippen molar-refractivity contribution < 1.29 is 53.1 Å². The Kier molecular flexibility index (Phi) is 12.8. The van der Waals surface area contributed by atoms with Crippen LogP contribution < -0.4 is 23.7 Å². The summed E-state index contributed by atoms with van der Waals surface area (Å²) in [5.74, 6) is -1.05. The van der Waals surface area contributed by atoms with Crippen LogP contribution in [0.3, 0.4) is 0 Å². The number of hydrogen-bond donors (Lipinski definition) is 0. The van der Waals surface area contributed by atoms with E-state index in [1.165, 1.54) is 50.6 Å². The monoisotopic (exact) mass is 604 g/mol. The fourth-order valence-electron chi connectivity index (χ4n) is 3.63. The molecule has 0 aliphatic carbocycles. The van der Waals surface area contributed by atoms with Crippen LogP contribution in [0.4, 0.5) is 0 Å². The van der Waals surface area contributed by atoms with E-state index in [9.17, 15) is 29.8 Å². The number of rotatable bonds is 18. The molecule has 15 heteroatoms. The molecule has 0 aliphatic rings. The topological polar surface area (TPSA) is 185 Å². The molecule has 2 unspecified atom stereocenters. The molecule has 0 spiro atoms. The molecular formula is C28H32N2O13. The van der Waals surface area contributed by atoms with E-state index in [0.29, 0.717) is 12.8 Å². The van der Waals surface area contributed by atoms with Gasteiger partial charge >= 0.3 is 11.9 Å². The normalized spacial score (nSPS) is 11.7. The van der Waals surface area contributed by atoms with Gasteiger partial charge in [0.1, 0.15) is 23.7 Å². The third kappa shape index (κ3) is 9.91. The first-order valence-electron chi connectivity index (χ1n) is 12.9. The molecule has 0 radical (unpaired) electrons. The van der Waals surface area contributed by atoms with Crippen molar-refractivity contribution in [1.29, 1.82) is 0 Å². The smallest absolute Gasteiger partial charge is 0.341 e. The Morgan fingerprint density at radius 2 is 1.09 bits per heavy atom. The summed E-state index contributed by atoms with van der Waals surface area (Å²) in [6, 6.07) is 8.42. The van der Waals surface area contributed by atoms with Crippen molar-refractivity contribution >= 4 is 11.9 Å². The van der Waals surface area contributed by atoms with Crippen molar-refractivity contribution in [2.24, 2.45) is 0 Å². The first-order valence-corrected chi connectivity index (χ1v) is 12.9. The van der Waals surface area contributed by atoms with E-state index in [4.69, 9.17) is 23.7 Å². The van der Waals surface area contributed by atoms with Gasteiger partial charge in [-0.2, -0.15) is 0 Å². The van der Waals surface area contributed by atoms with Gasteiger partial charge in [-0.05, 0) is 37.1 Å². The summed E-state index contributed by atoms with van der Waals surface area (Å²) in [4.78, 5) is 55.7. The summed E-state index contributed by atoms with van der Waals surface area (Å²) in [7, 11) is 2.71. The van der Waals surface area contributed by atoms with E-state index < -0.39 is 34.3 Å². The van der Waals surface area contributed by atoms with Gasteiger partial charge < -0.3 is 33.4 Å². The van der Waals surface area contributed by atoms with Gasteiger partial charge in [0.2, 0.25) is 0 Å². The lowest BCUT2D eigenvalue weighted by atomic mass is 10.1. The van der Waals surface area contributed by atoms with Crippen LogP contribution in [0.5, 0.6) is 34.5 Å². The summed E-state index contributed by atoms with van der Waals surface area (Å²) < 4.78 is 27.2. The second-order valence-corrected chi connectivity index (χ2v) is 8.77. The largest absolute Gasteiger partial charge is 0.493 e.